The standard InChI is InChI=1S/C19H18N4O2S3/c1-9-10(2)27-18-15(9)17(25)21-14(22-18)8-26-11(3)16(24)23-19-20-12-6-4-5-7-13(12)28-19/h4-7,11H,8H2,1-3H3,(H,20,23,24)(H,21,22,25). The fraction of sp³-hybridized carbons (Fsp3) is 0.263. The van der Waals surface area contributed by atoms with E-state index in [1.807, 2.05) is 45.0 Å². The van der Waals surface area contributed by atoms with Gasteiger partial charge in [0.1, 0.15) is 10.7 Å². The molecular formula is C19H18N4O2S3. The molecule has 0 radical (unpaired) electrons. The molecule has 0 aliphatic heterocycles. The van der Waals surface area contributed by atoms with Gasteiger partial charge in [-0.25, -0.2) is 9.97 Å². The third kappa shape index (κ3) is 3.69. The maximum atomic E-state index is 12.5. The van der Waals surface area contributed by atoms with E-state index in [-0.39, 0.29) is 16.7 Å². The zero-order valence-corrected chi connectivity index (χ0v) is 18.0. The van der Waals surface area contributed by atoms with Gasteiger partial charge in [0.05, 0.1) is 26.6 Å². The van der Waals surface area contributed by atoms with Crippen molar-refractivity contribution < 1.29 is 4.79 Å². The molecule has 28 heavy (non-hydrogen) atoms. The number of hydrogen-bond acceptors (Lipinski definition) is 7. The van der Waals surface area contributed by atoms with Gasteiger partial charge < -0.3 is 10.3 Å². The van der Waals surface area contributed by atoms with Gasteiger partial charge in [0.2, 0.25) is 5.91 Å². The average molecular weight is 431 g/mol. The molecule has 1 amide bonds. The average Bonchev–Trinajstić information content (AvgIpc) is 3.19. The van der Waals surface area contributed by atoms with Gasteiger partial charge in [-0.15, -0.1) is 23.1 Å². The summed E-state index contributed by atoms with van der Waals surface area (Å²) >= 11 is 4.41. The second kappa shape index (κ2) is 7.65. The zero-order valence-electron chi connectivity index (χ0n) is 15.5. The molecule has 0 aliphatic rings. The van der Waals surface area contributed by atoms with E-state index in [1.165, 1.54) is 34.4 Å². The number of thioether (sulfide) groups is 1. The van der Waals surface area contributed by atoms with Crippen LogP contribution in [-0.2, 0) is 10.5 Å². The Morgan fingerprint density at radius 3 is 2.82 bits per heavy atom. The van der Waals surface area contributed by atoms with Gasteiger partial charge in [0, 0.05) is 4.88 Å². The van der Waals surface area contributed by atoms with Crippen molar-refractivity contribution in [2.24, 2.45) is 0 Å². The van der Waals surface area contributed by atoms with Crippen LogP contribution in [-0.4, -0.2) is 26.1 Å². The summed E-state index contributed by atoms with van der Waals surface area (Å²) in [6, 6.07) is 7.78. The van der Waals surface area contributed by atoms with E-state index in [0.717, 1.165) is 25.5 Å². The van der Waals surface area contributed by atoms with Gasteiger partial charge >= 0.3 is 0 Å². The number of nitrogens with one attached hydrogen (secondary N) is 2. The molecule has 1 unspecified atom stereocenters. The second-order valence-electron chi connectivity index (χ2n) is 6.41. The minimum atomic E-state index is -0.306. The van der Waals surface area contributed by atoms with Crippen LogP contribution in [0.2, 0.25) is 0 Å². The van der Waals surface area contributed by atoms with Crippen molar-refractivity contribution in [2.45, 2.75) is 31.8 Å². The molecule has 0 saturated carbocycles. The number of thiophene rings is 1. The smallest absolute Gasteiger partial charge is 0.259 e. The Hall–Kier alpha value is -2.23. The lowest BCUT2D eigenvalue weighted by Crippen LogP contribution is -2.22. The number of rotatable bonds is 5. The lowest BCUT2D eigenvalue weighted by atomic mass is 10.2. The molecule has 0 bridgehead atoms. The molecule has 0 fully saturated rings. The van der Waals surface area contributed by atoms with E-state index in [1.54, 1.807) is 0 Å². The molecule has 3 heterocycles. The van der Waals surface area contributed by atoms with Crippen molar-refractivity contribution in [3.05, 3.63) is 50.9 Å². The number of hydrogen-bond donors (Lipinski definition) is 2. The summed E-state index contributed by atoms with van der Waals surface area (Å²) in [6.45, 7) is 5.77. The van der Waals surface area contributed by atoms with Crippen LogP contribution in [0.1, 0.15) is 23.2 Å². The number of aromatic amines is 1. The van der Waals surface area contributed by atoms with E-state index in [9.17, 15) is 9.59 Å². The van der Waals surface area contributed by atoms with Crippen molar-refractivity contribution >= 4 is 65.9 Å². The normalized spacial score (nSPS) is 12.5. The first kappa shape index (κ1) is 19.1. The molecule has 6 nitrogen and oxygen atoms in total. The van der Waals surface area contributed by atoms with Gasteiger partial charge in [-0.05, 0) is 38.5 Å². The third-order valence-corrected chi connectivity index (χ3v) is 7.66. The summed E-state index contributed by atoms with van der Waals surface area (Å²) in [6.07, 6.45) is 0. The number of aryl methyl sites for hydroxylation is 2. The van der Waals surface area contributed by atoms with Crippen LogP contribution in [0.25, 0.3) is 20.4 Å². The van der Waals surface area contributed by atoms with Crippen LogP contribution in [0.5, 0.6) is 0 Å². The molecule has 4 rings (SSSR count). The number of para-hydroxylation sites is 1. The van der Waals surface area contributed by atoms with Crippen molar-refractivity contribution in [3.8, 4) is 0 Å². The van der Waals surface area contributed by atoms with Crippen LogP contribution < -0.4 is 10.9 Å². The largest absolute Gasteiger partial charge is 0.309 e. The van der Waals surface area contributed by atoms with E-state index in [4.69, 9.17) is 0 Å². The summed E-state index contributed by atoms with van der Waals surface area (Å²) in [7, 11) is 0. The number of H-pyrrole nitrogens is 1. The summed E-state index contributed by atoms with van der Waals surface area (Å²) < 4.78 is 1.04. The molecule has 0 saturated heterocycles. The molecule has 0 spiro atoms. The maximum absolute atomic E-state index is 12.5. The first-order chi connectivity index (χ1) is 13.4. The molecule has 9 heteroatoms. The Bertz CT molecular complexity index is 1210. The topological polar surface area (TPSA) is 87.7 Å². The fourth-order valence-corrected chi connectivity index (χ4v) is 5.45. The highest BCUT2D eigenvalue weighted by molar-refractivity contribution is 7.99. The zero-order chi connectivity index (χ0) is 19.8. The number of carbonyl (C=O) groups excluding carboxylic acids is 1. The molecular weight excluding hydrogens is 412 g/mol. The van der Waals surface area contributed by atoms with E-state index < -0.39 is 0 Å². The SMILES string of the molecule is Cc1sc2nc(CSC(C)C(=O)Nc3nc4ccccc4s3)[nH]c(=O)c2c1C. The van der Waals surface area contributed by atoms with Gasteiger partial charge in [0.15, 0.2) is 5.13 Å². The number of amides is 1. The Labute approximate surface area is 173 Å². The molecule has 144 valence electrons. The van der Waals surface area contributed by atoms with Crippen molar-refractivity contribution in [1.82, 2.24) is 15.0 Å². The lowest BCUT2D eigenvalue weighted by molar-refractivity contribution is -0.115. The van der Waals surface area contributed by atoms with E-state index >= 15 is 0 Å². The first-order valence-corrected chi connectivity index (χ1v) is 11.4. The highest BCUT2D eigenvalue weighted by Crippen LogP contribution is 2.28. The molecule has 4 aromatic rings. The fourth-order valence-electron chi connectivity index (χ4n) is 2.78. The first-order valence-electron chi connectivity index (χ1n) is 8.69. The molecule has 0 aliphatic carbocycles. The van der Waals surface area contributed by atoms with Crippen LogP contribution >= 0.6 is 34.4 Å². The predicted molar refractivity (Wildman–Crippen MR) is 119 cm³/mol. The number of carbonyl (C=O) groups is 1. The minimum Gasteiger partial charge on any atom is -0.309 e. The maximum Gasteiger partial charge on any atom is 0.259 e. The monoisotopic (exact) mass is 430 g/mol. The van der Waals surface area contributed by atoms with Crippen molar-refractivity contribution in [1.29, 1.82) is 0 Å². The number of benzene rings is 1. The Balaban J connectivity index is 1.43. The van der Waals surface area contributed by atoms with Crippen molar-refractivity contribution in [2.75, 3.05) is 5.32 Å². The van der Waals surface area contributed by atoms with E-state index in [0.29, 0.717) is 22.1 Å². The van der Waals surface area contributed by atoms with E-state index in [2.05, 4.69) is 20.3 Å². The number of fused-ring (bicyclic) bond motifs is 2. The molecule has 1 atom stereocenters. The Morgan fingerprint density at radius 2 is 2.04 bits per heavy atom. The quantitative estimate of drug-likeness (QED) is 0.488. The summed E-state index contributed by atoms with van der Waals surface area (Å²) in [5.74, 6) is 0.925. The highest BCUT2D eigenvalue weighted by Gasteiger charge is 2.17. The van der Waals surface area contributed by atoms with Gasteiger partial charge in [0.25, 0.3) is 5.56 Å². The number of anilines is 1. The van der Waals surface area contributed by atoms with Crippen molar-refractivity contribution in [3.63, 3.8) is 0 Å². The van der Waals surface area contributed by atoms with Crippen LogP contribution in [0.4, 0.5) is 5.13 Å². The lowest BCUT2D eigenvalue weighted by Gasteiger charge is -2.10. The van der Waals surface area contributed by atoms with Gasteiger partial charge in [-0.2, -0.15) is 0 Å². The van der Waals surface area contributed by atoms with Crippen LogP contribution in [0.3, 0.4) is 0 Å². The Morgan fingerprint density at radius 1 is 1.25 bits per heavy atom. The third-order valence-electron chi connectivity index (χ3n) is 4.45. The molecule has 2 N–H and O–H groups in total. The van der Waals surface area contributed by atoms with Crippen LogP contribution in [0, 0.1) is 13.8 Å². The van der Waals surface area contributed by atoms with Gasteiger partial charge in [-0.3, -0.25) is 9.59 Å². The Kier molecular flexibility index (Phi) is 5.22. The summed E-state index contributed by atoms with van der Waals surface area (Å²) in [4.78, 5) is 38.5. The number of nitrogens with zero attached hydrogens (tertiary/aromatic N) is 2. The highest BCUT2D eigenvalue weighted by atomic mass is 32.2. The number of aromatic nitrogens is 3. The van der Waals surface area contributed by atoms with Gasteiger partial charge in [-0.1, -0.05) is 23.5 Å². The second-order valence-corrected chi connectivity index (χ2v) is 9.97. The predicted octanol–water partition coefficient (Wildman–Crippen LogP) is 4.47. The molecule has 3 aromatic heterocycles. The molecule has 1 aromatic carbocycles. The minimum absolute atomic E-state index is 0.115. The number of thiazole rings is 1. The summed E-state index contributed by atoms with van der Waals surface area (Å²) in [5.41, 5.74) is 1.74. The summed E-state index contributed by atoms with van der Waals surface area (Å²) in [5, 5.41) is 3.83. The van der Waals surface area contributed by atoms with Crippen LogP contribution in [0.15, 0.2) is 29.1 Å².